The summed E-state index contributed by atoms with van der Waals surface area (Å²) in [7, 11) is 1.55. The van der Waals surface area contributed by atoms with Crippen molar-refractivity contribution in [3.8, 4) is 17.1 Å². The molecule has 0 bridgehead atoms. The molecular formula is C18H17ClN4O4S2. The number of ether oxygens (including phenoxy) is 2. The Kier molecular flexibility index (Phi) is 7.13. The summed E-state index contributed by atoms with van der Waals surface area (Å²) in [6.07, 6.45) is 0. The van der Waals surface area contributed by atoms with E-state index in [-0.39, 0.29) is 18.3 Å². The highest BCUT2D eigenvalue weighted by atomic mass is 35.5. The van der Waals surface area contributed by atoms with Gasteiger partial charge in [-0.05, 0) is 36.6 Å². The third kappa shape index (κ3) is 5.28. The maximum absolute atomic E-state index is 12.3. The molecule has 2 aromatic heterocycles. The summed E-state index contributed by atoms with van der Waals surface area (Å²) in [4.78, 5) is 28.5. The van der Waals surface area contributed by atoms with Crippen LogP contribution in [0.2, 0.25) is 5.02 Å². The van der Waals surface area contributed by atoms with Crippen molar-refractivity contribution in [3.05, 3.63) is 40.2 Å². The lowest BCUT2D eigenvalue weighted by atomic mass is 10.2. The molecule has 2 N–H and O–H groups in total. The molecule has 2 heterocycles. The molecule has 0 aliphatic rings. The number of amides is 1. The summed E-state index contributed by atoms with van der Waals surface area (Å²) in [6.45, 7) is 1.99. The van der Waals surface area contributed by atoms with Gasteiger partial charge < -0.3 is 14.8 Å². The monoisotopic (exact) mass is 452 g/mol. The third-order valence-electron chi connectivity index (χ3n) is 3.63. The van der Waals surface area contributed by atoms with E-state index in [1.54, 1.807) is 43.7 Å². The maximum Gasteiger partial charge on any atom is 0.341 e. The SMILES string of the molecule is CCOC(=O)c1ccsc1NC(=O)CSc1n[nH]c(-c2cc(Cl)ccc2OC)n1. The Morgan fingerprint density at radius 2 is 2.17 bits per heavy atom. The quantitative estimate of drug-likeness (QED) is 0.391. The van der Waals surface area contributed by atoms with E-state index in [4.69, 9.17) is 21.1 Å². The highest BCUT2D eigenvalue weighted by Gasteiger charge is 2.17. The molecule has 0 unspecified atom stereocenters. The van der Waals surface area contributed by atoms with Crippen molar-refractivity contribution >= 4 is 51.6 Å². The minimum atomic E-state index is -0.467. The molecule has 0 aliphatic heterocycles. The number of rotatable bonds is 8. The fourth-order valence-corrected chi connectivity index (χ4v) is 3.93. The molecule has 0 atom stereocenters. The molecule has 3 aromatic rings. The van der Waals surface area contributed by atoms with E-state index in [2.05, 4.69) is 20.5 Å². The van der Waals surface area contributed by atoms with Gasteiger partial charge in [0, 0.05) is 5.02 Å². The number of esters is 1. The van der Waals surface area contributed by atoms with Crippen molar-refractivity contribution in [1.82, 2.24) is 15.2 Å². The van der Waals surface area contributed by atoms with Crippen molar-refractivity contribution in [2.75, 3.05) is 24.8 Å². The number of aromatic nitrogens is 3. The number of anilines is 1. The summed E-state index contributed by atoms with van der Waals surface area (Å²) in [5.74, 6) is 0.407. The van der Waals surface area contributed by atoms with Crippen LogP contribution < -0.4 is 10.1 Å². The van der Waals surface area contributed by atoms with Crippen molar-refractivity contribution in [2.45, 2.75) is 12.1 Å². The average molecular weight is 453 g/mol. The van der Waals surface area contributed by atoms with Crippen LogP contribution in [-0.2, 0) is 9.53 Å². The molecule has 1 amide bonds. The molecular weight excluding hydrogens is 436 g/mol. The number of aromatic amines is 1. The van der Waals surface area contributed by atoms with Gasteiger partial charge in [0.15, 0.2) is 5.82 Å². The minimum absolute atomic E-state index is 0.0736. The third-order valence-corrected chi connectivity index (χ3v) is 5.54. The predicted octanol–water partition coefficient (Wildman–Crippen LogP) is 4.10. The molecule has 0 saturated carbocycles. The number of benzene rings is 1. The standard InChI is InChI=1S/C18H17ClN4O4S2/c1-3-27-17(25)11-6-7-28-16(11)20-14(24)9-29-18-21-15(22-23-18)12-8-10(19)4-5-13(12)26-2/h4-8H,3,9H2,1-2H3,(H,20,24)(H,21,22,23). The molecule has 3 rings (SSSR count). The second kappa shape index (κ2) is 9.77. The molecule has 0 fully saturated rings. The zero-order chi connectivity index (χ0) is 20.8. The lowest BCUT2D eigenvalue weighted by Gasteiger charge is -2.06. The fraction of sp³-hybridized carbons (Fsp3) is 0.222. The van der Waals surface area contributed by atoms with Crippen LogP contribution in [-0.4, -0.2) is 46.5 Å². The van der Waals surface area contributed by atoms with E-state index in [1.165, 1.54) is 11.3 Å². The zero-order valence-corrected chi connectivity index (χ0v) is 17.9. The molecule has 11 heteroatoms. The lowest BCUT2D eigenvalue weighted by Crippen LogP contribution is -2.16. The maximum atomic E-state index is 12.3. The predicted molar refractivity (Wildman–Crippen MR) is 113 cm³/mol. The molecule has 0 aliphatic carbocycles. The van der Waals surface area contributed by atoms with Gasteiger partial charge in [0.25, 0.3) is 0 Å². The number of carbonyl (C=O) groups excluding carboxylic acids is 2. The van der Waals surface area contributed by atoms with Gasteiger partial charge in [-0.15, -0.1) is 16.4 Å². The second-order valence-corrected chi connectivity index (χ2v) is 7.83. The van der Waals surface area contributed by atoms with Crippen molar-refractivity contribution in [1.29, 1.82) is 0 Å². The van der Waals surface area contributed by atoms with Gasteiger partial charge in [-0.1, -0.05) is 23.4 Å². The summed E-state index contributed by atoms with van der Waals surface area (Å²) in [6, 6.07) is 6.79. The van der Waals surface area contributed by atoms with Crippen LogP contribution in [0.15, 0.2) is 34.8 Å². The molecule has 0 radical (unpaired) electrons. The number of halogens is 1. The van der Waals surface area contributed by atoms with E-state index >= 15 is 0 Å². The molecule has 1 aromatic carbocycles. The summed E-state index contributed by atoms with van der Waals surface area (Å²) in [5.41, 5.74) is 1.00. The van der Waals surface area contributed by atoms with Crippen LogP contribution >= 0.6 is 34.7 Å². The van der Waals surface area contributed by atoms with Gasteiger partial charge in [0.2, 0.25) is 11.1 Å². The average Bonchev–Trinajstić information content (AvgIpc) is 3.36. The van der Waals surface area contributed by atoms with Gasteiger partial charge in [-0.3, -0.25) is 9.89 Å². The molecule has 0 saturated heterocycles. The number of thioether (sulfide) groups is 1. The molecule has 29 heavy (non-hydrogen) atoms. The number of nitrogens with zero attached hydrogens (tertiary/aromatic N) is 2. The van der Waals surface area contributed by atoms with Crippen molar-refractivity contribution in [3.63, 3.8) is 0 Å². The van der Waals surface area contributed by atoms with Crippen LogP contribution in [0.5, 0.6) is 5.75 Å². The van der Waals surface area contributed by atoms with E-state index in [0.29, 0.717) is 37.9 Å². The number of carbonyl (C=O) groups is 2. The van der Waals surface area contributed by atoms with E-state index < -0.39 is 5.97 Å². The molecule has 152 valence electrons. The normalized spacial score (nSPS) is 10.6. The Bertz CT molecular complexity index is 1020. The number of hydrogen-bond acceptors (Lipinski definition) is 8. The molecule has 8 nitrogen and oxygen atoms in total. The Morgan fingerprint density at radius 1 is 1.34 bits per heavy atom. The van der Waals surface area contributed by atoms with Crippen LogP contribution in [0.25, 0.3) is 11.4 Å². The van der Waals surface area contributed by atoms with Gasteiger partial charge in [0.05, 0.1) is 30.6 Å². The minimum Gasteiger partial charge on any atom is -0.496 e. The smallest absolute Gasteiger partial charge is 0.341 e. The topological polar surface area (TPSA) is 106 Å². The van der Waals surface area contributed by atoms with Crippen LogP contribution in [0.1, 0.15) is 17.3 Å². The lowest BCUT2D eigenvalue weighted by molar-refractivity contribution is -0.113. The van der Waals surface area contributed by atoms with E-state index in [0.717, 1.165) is 11.8 Å². The van der Waals surface area contributed by atoms with Crippen LogP contribution in [0.3, 0.4) is 0 Å². The summed E-state index contributed by atoms with van der Waals surface area (Å²) >= 11 is 8.46. The Labute approximate surface area is 180 Å². The van der Waals surface area contributed by atoms with E-state index in [9.17, 15) is 9.59 Å². The largest absolute Gasteiger partial charge is 0.496 e. The Morgan fingerprint density at radius 3 is 2.93 bits per heavy atom. The first-order valence-corrected chi connectivity index (χ1v) is 10.7. The fourth-order valence-electron chi connectivity index (χ4n) is 2.37. The first-order valence-electron chi connectivity index (χ1n) is 8.45. The van der Waals surface area contributed by atoms with Gasteiger partial charge in [0.1, 0.15) is 10.8 Å². The van der Waals surface area contributed by atoms with E-state index in [1.807, 2.05) is 0 Å². The number of nitrogens with one attached hydrogen (secondary N) is 2. The molecule has 0 spiro atoms. The van der Waals surface area contributed by atoms with Crippen molar-refractivity contribution < 1.29 is 19.1 Å². The van der Waals surface area contributed by atoms with Gasteiger partial charge in [-0.2, -0.15) is 0 Å². The first-order chi connectivity index (χ1) is 14.0. The summed E-state index contributed by atoms with van der Waals surface area (Å²) in [5, 5.41) is 12.8. The van der Waals surface area contributed by atoms with Crippen molar-refractivity contribution in [2.24, 2.45) is 0 Å². The summed E-state index contributed by atoms with van der Waals surface area (Å²) < 4.78 is 10.3. The second-order valence-electron chi connectivity index (χ2n) is 5.53. The highest BCUT2D eigenvalue weighted by Crippen LogP contribution is 2.31. The number of H-pyrrole nitrogens is 1. The Hall–Kier alpha value is -2.56. The zero-order valence-electron chi connectivity index (χ0n) is 15.5. The first kappa shape index (κ1) is 21.2. The number of methoxy groups -OCH3 is 1. The Balaban J connectivity index is 1.62. The van der Waals surface area contributed by atoms with Gasteiger partial charge in [-0.25, -0.2) is 9.78 Å². The highest BCUT2D eigenvalue weighted by molar-refractivity contribution is 7.99. The number of thiophene rings is 1. The van der Waals surface area contributed by atoms with Crippen LogP contribution in [0.4, 0.5) is 5.00 Å². The van der Waals surface area contributed by atoms with Gasteiger partial charge >= 0.3 is 5.97 Å². The van der Waals surface area contributed by atoms with Crippen LogP contribution in [0, 0.1) is 0 Å². The number of hydrogen-bond donors (Lipinski definition) is 2.